The molecule has 3 unspecified atom stereocenters. The number of carbonyl (C=O) groups is 2. The Morgan fingerprint density at radius 2 is 1.88 bits per heavy atom. The Balaban J connectivity index is 2.08. The molecule has 0 aliphatic carbocycles. The van der Waals surface area contributed by atoms with Crippen molar-refractivity contribution >= 4 is 33.4 Å². The summed E-state index contributed by atoms with van der Waals surface area (Å²) in [7, 11) is 0. The van der Waals surface area contributed by atoms with E-state index in [1.165, 1.54) is 18.2 Å². The number of anilines is 1. The lowest BCUT2D eigenvalue weighted by atomic mass is 9.99. The predicted octanol–water partition coefficient (Wildman–Crippen LogP) is 2.18. The summed E-state index contributed by atoms with van der Waals surface area (Å²) in [5.74, 6) is -1.05. The summed E-state index contributed by atoms with van der Waals surface area (Å²) < 4.78 is 36.9. The summed E-state index contributed by atoms with van der Waals surface area (Å²) in [6.07, 6.45) is -4.51. The summed E-state index contributed by atoms with van der Waals surface area (Å²) in [5, 5.41) is 4.41. The highest BCUT2D eigenvalue weighted by Gasteiger charge is 2.40. The van der Waals surface area contributed by atoms with E-state index in [2.05, 4.69) is 32.1 Å². The molecule has 0 spiro atoms. The minimum atomic E-state index is -4.51. The van der Waals surface area contributed by atoms with Crippen LogP contribution in [0.5, 0.6) is 0 Å². The number of carbonyl (C=O) groups excluding carboxylic acids is 2. The summed E-state index contributed by atoms with van der Waals surface area (Å²) in [6, 6.07) is 5.33. The second-order valence-electron chi connectivity index (χ2n) is 6.31. The van der Waals surface area contributed by atoms with Crippen LogP contribution in [0.1, 0.15) is 24.2 Å². The van der Waals surface area contributed by atoms with Crippen molar-refractivity contribution in [1.82, 2.24) is 16.2 Å². The van der Waals surface area contributed by atoms with Gasteiger partial charge in [0.2, 0.25) is 5.91 Å². The van der Waals surface area contributed by atoms with E-state index >= 15 is 0 Å². The van der Waals surface area contributed by atoms with Gasteiger partial charge >= 0.3 is 6.18 Å². The fourth-order valence-electron chi connectivity index (χ4n) is 2.57. The lowest BCUT2D eigenvalue weighted by Gasteiger charge is -2.20. The Kier molecular flexibility index (Phi) is 6.64. The Morgan fingerprint density at radius 1 is 1.23 bits per heavy atom. The molecular formula is C16H20BrF3N4O2. The van der Waals surface area contributed by atoms with E-state index in [0.29, 0.717) is 0 Å². The van der Waals surface area contributed by atoms with Crippen molar-refractivity contribution in [2.24, 2.45) is 5.92 Å². The minimum Gasteiger partial charge on any atom is -0.343 e. The average Bonchev–Trinajstić information content (AvgIpc) is 2.94. The molecule has 1 aliphatic rings. The number of para-hydroxylation sites is 1. The molecule has 3 atom stereocenters. The van der Waals surface area contributed by atoms with Crippen LogP contribution in [0.25, 0.3) is 0 Å². The maximum Gasteiger partial charge on any atom is 0.405 e. The normalized spacial score (nSPS) is 23.1. The van der Waals surface area contributed by atoms with Crippen LogP contribution in [0.4, 0.5) is 18.9 Å². The smallest absolute Gasteiger partial charge is 0.343 e. The molecule has 1 heterocycles. The predicted molar refractivity (Wildman–Crippen MR) is 94.9 cm³/mol. The second kappa shape index (κ2) is 8.36. The largest absolute Gasteiger partial charge is 0.405 e. The first kappa shape index (κ1) is 20.7. The zero-order chi connectivity index (χ0) is 19.5. The molecule has 0 radical (unpaired) electrons. The fraction of sp³-hybridized carbons (Fsp3) is 0.500. The molecular weight excluding hydrogens is 417 g/mol. The number of benzene rings is 1. The zero-order valence-corrected chi connectivity index (χ0v) is 15.7. The number of hydrogen-bond donors (Lipinski definition) is 4. The third-order valence-electron chi connectivity index (χ3n) is 3.95. The summed E-state index contributed by atoms with van der Waals surface area (Å²) in [4.78, 5) is 24.4. The number of alkyl halides is 4. The molecule has 1 saturated heterocycles. The Hall–Kier alpha value is -1.65. The van der Waals surface area contributed by atoms with E-state index in [0.717, 1.165) is 0 Å². The molecule has 10 heteroatoms. The van der Waals surface area contributed by atoms with Crippen molar-refractivity contribution in [3.05, 3.63) is 29.8 Å². The first-order valence-electron chi connectivity index (χ1n) is 8.00. The lowest BCUT2D eigenvalue weighted by molar-refractivity contribution is -0.123. The molecule has 26 heavy (non-hydrogen) atoms. The van der Waals surface area contributed by atoms with Crippen molar-refractivity contribution in [3.63, 3.8) is 0 Å². The lowest BCUT2D eigenvalue weighted by Crippen LogP contribution is -2.43. The molecule has 1 fully saturated rings. The molecule has 1 aromatic rings. The molecule has 0 aromatic heterocycles. The maximum absolute atomic E-state index is 12.5. The standard InChI is InChI=1S/C16H20BrF3N4O2/c1-8(2)12-11(17)13(24-23-12)15(26)22-10-6-4-3-5-9(10)14(25)21-7-16(18,19)20/h3-6,8,11-13,23-24H,7H2,1-2H3,(H,21,25)(H,22,26). The van der Waals surface area contributed by atoms with Gasteiger partial charge in [-0.15, -0.1) is 0 Å². The number of hydrogen-bond acceptors (Lipinski definition) is 4. The van der Waals surface area contributed by atoms with Crippen LogP contribution in [0.15, 0.2) is 24.3 Å². The van der Waals surface area contributed by atoms with Gasteiger partial charge < -0.3 is 10.6 Å². The fourth-order valence-corrected chi connectivity index (χ4v) is 3.69. The van der Waals surface area contributed by atoms with Crippen LogP contribution in [0, 0.1) is 5.92 Å². The Bertz CT molecular complexity index is 669. The van der Waals surface area contributed by atoms with Crippen LogP contribution in [-0.4, -0.2) is 41.4 Å². The molecule has 1 aromatic carbocycles. The van der Waals surface area contributed by atoms with Gasteiger partial charge in [0.05, 0.1) is 16.1 Å². The van der Waals surface area contributed by atoms with Crippen molar-refractivity contribution in [3.8, 4) is 0 Å². The van der Waals surface area contributed by atoms with E-state index in [4.69, 9.17) is 0 Å². The molecule has 144 valence electrons. The van der Waals surface area contributed by atoms with Crippen LogP contribution < -0.4 is 21.5 Å². The molecule has 2 amide bonds. The number of nitrogens with one attached hydrogen (secondary N) is 4. The van der Waals surface area contributed by atoms with Gasteiger partial charge in [-0.3, -0.25) is 15.0 Å². The average molecular weight is 437 g/mol. The Labute approximate surface area is 157 Å². The van der Waals surface area contributed by atoms with Crippen molar-refractivity contribution in [2.45, 2.75) is 36.9 Å². The van der Waals surface area contributed by atoms with Crippen molar-refractivity contribution in [1.29, 1.82) is 0 Å². The molecule has 0 saturated carbocycles. The highest BCUT2D eigenvalue weighted by Crippen LogP contribution is 2.23. The van der Waals surface area contributed by atoms with Gasteiger partial charge in [-0.25, -0.2) is 5.43 Å². The van der Waals surface area contributed by atoms with Gasteiger partial charge in [0.25, 0.3) is 5.91 Å². The first-order chi connectivity index (χ1) is 12.1. The van der Waals surface area contributed by atoms with E-state index in [9.17, 15) is 22.8 Å². The quantitative estimate of drug-likeness (QED) is 0.533. The van der Waals surface area contributed by atoms with Crippen molar-refractivity contribution < 1.29 is 22.8 Å². The molecule has 4 N–H and O–H groups in total. The van der Waals surface area contributed by atoms with Crippen LogP contribution >= 0.6 is 15.9 Å². The zero-order valence-electron chi connectivity index (χ0n) is 14.2. The first-order valence-corrected chi connectivity index (χ1v) is 8.91. The molecule has 2 rings (SSSR count). The van der Waals surface area contributed by atoms with Gasteiger partial charge in [0, 0.05) is 6.04 Å². The number of halogens is 4. The topological polar surface area (TPSA) is 82.3 Å². The van der Waals surface area contributed by atoms with Gasteiger partial charge in [0.1, 0.15) is 12.6 Å². The number of amides is 2. The van der Waals surface area contributed by atoms with Crippen LogP contribution in [0.3, 0.4) is 0 Å². The maximum atomic E-state index is 12.5. The van der Waals surface area contributed by atoms with E-state index < -0.39 is 30.6 Å². The monoisotopic (exact) mass is 436 g/mol. The van der Waals surface area contributed by atoms with Crippen molar-refractivity contribution in [2.75, 3.05) is 11.9 Å². The third kappa shape index (κ3) is 5.18. The SMILES string of the molecule is CC(C)C1NNC(C(=O)Nc2ccccc2C(=O)NCC(F)(F)F)C1Br. The highest BCUT2D eigenvalue weighted by molar-refractivity contribution is 9.09. The van der Waals surface area contributed by atoms with E-state index in [-0.39, 0.29) is 28.0 Å². The van der Waals surface area contributed by atoms with E-state index in [1.807, 2.05) is 13.8 Å². The Morgan fingerprint density at radius 3 is 2.46 bits per heavy atom. The van der Waals surface area contributed by atoms with Gasteiger partial charge in [-0.2, -0.15) is 13.2 Å². The van der Waals surface area contributed by atoms with Crippen LogP contribution in [0.2, 0.25) is 0 Å². The number of hydrazine groups is 1. The summed E-state index contributed by atoms with van der Waals surface area (Å²) >= 11 is 3.49. The molecule has 6 nitrogen and oxygen atoms in total. The van der Waals surface area contributed by atoms with Crippen LogP contribution in [-0.2, 0) is 4.79 Å². The third-order valence-corrected chi connectivity index (χ3v) is 5.04. The van der Waals surface area contributed by atoms with Gasteiger partial charge in [0.15, 0.2) is 0 Å². The summed E-state index contributed by atoms with van der Waals surface area (Å²) in [6.45, 7) is 2.57. The molecule has 0 bridgehead atoms. The highest BCUT2D eigenvalue weighted by atomic mass is 79.9. The molecule has 1 aliphatic heterocycles. The van der Waals surface area contributed by atoms with E-state index in [1.54, 1.807) is 11.4 Å². The summed E-state index contributed by atoms with van der Waals surface area (Å²) in [5.41, 5.74) is 6.03. The number of rotatable bonds is 5. The van der Waals surface area contributed by atoms with Gasteiger partial charge in [-0.05, 0) is 18.1 Å². The second-order valence-corrected chi connectivity index (χ2v) is 7.37. The van der Waals surface area contributed by atoms with Gasteiger partial charge in [-0.1, -0.05) is 41.9 Å². The minimum absolute atomic E-state index is 0.0241.